The van der Waals surface area contributed by atoms with Crippen LogP contribution in [0.1, 0.15) is 5.01 Å². The van der Waals surface area contributed by atoms with E-state index in [4.69, 9.17) is 0 Å². The fraction of sp³-hybridized carbons (Fsp3) is 0.111. The third kappa shape index (κ3) is 2.48. The van der Waals surface area contributed by atoms with Gasteiger partial charge in [-0.3, -0.25) is 0 Å². The molecule has 0 radical (unpaired) electrons. The van der Waals surface area contributed by atoms with E-state index in [1.54, 1.807) is 24.3 Å². The van der Waals surface area contributed by atoms with E-state index in [-0.39, 0.29) is 5.13 Å². The maximum Gasteiger partial charge on any atom is 0.445 e. The summed E-state index contributed by atoms with van der Waals surface area (Å²) in [6.07, 6.45) is -4.44. The second-order valence-corrected chi connectivity index (χ2v) is 3.88. The van der Waals surface area contributed by atoms with E-state index in [2.05, 4.69) is 15.5 Å². The van der Waals surface area contributed by atoms with Crippen molar-refractivity contribution >= 4 is 22.2 Å². The van der Waals surface area contributed by atoms with Gasteiger partial charge in [-0.05, 0) is 12.1 Å². The van der Waals surface area contributed by atoms with Gasteiger partial charge in [0.25, 0.3) is 0 Å². The third-order valence-corrected chi connectivity index (χ3v) is 2.58. The fourth-order valence-corrected chi connectivity index (χ4v) is 1.66. The number of nitrogens with one attached hydrogen (secondary N) is 1. The number of para-hydroxylation sites is 1. The van der Waals surface area contributed by atoms with Crippen LogP contribution in [0.3, 0.4) is 0 Å². The van der Waals surface area contributed by atoms with Crippen LogP contribution in [0.2, 0.25) is 0 Å². The molecule has 0 aliphatic rings. The van der Waals surface area contributed by atoms with Crippen LogP contribution in [0.5, 0.6) is 0 Å². The summed E-state index contributed by atoms with van der Waals surface area (Å²) < 4.78 is 36.7. The summed E-state index contributed by atoms with van der Waals surface area (Å²) in [7, 11) is 0. The Morgan fingerprint density at radius 1 is 1.06 bits per heavy atom. The minimum atomic E-state index is -4.44. The Labute approximate surface area is 92.9 Å². The number of alkyl halides is 3. The molecule has 0 amide bonds. The van der Waals surface area contributed by atoms with Crippen LogP contribution < -0.4 is 5.32 Å². The number of hydrogen-bond acceptors (Lipinski definition) is 4. The van der Waals surface area contributed by atoms with Crippen LogP contribution >= 0.6 is 11.3 Å². The quantitative estimate of drug-likeness (QED) is 0.882. The molecule has 7 heteroatoms. The molecule has 1 heterocycles. The highest BCUT2D eigenvalue weighted by atomic mass is 32.1. The Kier molecular flexibility index (Phi) is 2.78. The minimum absolute atomic E-state index is 0.124. The summed E-state index contributed by atoms with van der Waals surface area (Å²) >= 11 is 0.476. The van der Waals surface area contributed by atoms with Crippen LogP contribution in [0.4, 0.5) is 24.0 Å². The molecule has 0 atom stereocenters. The normalized spacial score (nSPS) is 11.4. The van der Waals surface area contributed by atoms with E-state index in [1.807, 2.05) is 6.07 Å². The maximum absolute atomic E-state index is 12.2. The number of halogens is 3. The van der Waals surface area contributed by atoms with Gasteiger partial charge in [0.15, 0.2) is 0 Å². The van der Waals surface area contributed by atoms with E-state index < -0.39 is 11.2 Å². The van der Waals surface area contributed by atoms with Crippen molar-refractivity contribution in [3.05, 3.63) is 35.3 Å². The number of hydrogen-bond donors (Lipinski definition) is 1. The summed E-state index contributed by atoms with van der Waals surface area (Å²) in [6, 6.07) is 8.82. The summed E-state index contributed by atoms with van der Waals surface area (Å²) in [4.78, 5) is 0. The third-order valence-electron chi connectivity index (χ3n) is 1.69. The van der Waals surface area contributed by atoms with Crippen molar-refractivity contribution in [2.45, 2.75) is 6.18 Å². The first-order valence-corrected chi connectivity index (χ1v) is 5.10. The van der Waals surface area contributed by atoms with Gasteiger partial charge < -0.3 is 5.32 Å². The van der Waals surface area contributed by atoms with E-state index >= 15 is 0 Å². The molecule has 0 aliphatic carbocycles. The van der Waals surface area contributed by atoms with E-state index in [0.29, 0.717) is 17.0 Å². The van der Waals surface area contributed by atoms with Crippen molar-refractivity contribution in [1.82, 2.24) is 10.2 Å². The molecule has 1 aromatic carbocycles. The largest absolute Gasteiger partial charge is 0.445 e. The number of benzene rings is 1. The topological polar surface area (TPSA) is 37.8 Å². The summed E-state index contributed by atoms with van der Waals surface area (Å²) in [5.41, 5.74) is 0.673. The zero-order chi connectivity index (χ0) is 11.6. The Morgan fingerprint density at radius 3 is 2.31 bits per heavy atom. The lowest BCUT2D eigenvalue weighted by molar-refractivity contribution is -0.138. The smallest absolute Gasteiger partial charge is 0.330 e. The number of nitrogens with zero attached hydrogens (tertiary/aromatic N) is 2. The molecule has 1 N–H and O–H groups in total. The van der Waals surface area contributed by atoms with Crippen molar-refractivity contribution < 1.29 is 13.2 Å². The first-order chi connectivity index (χ1) is 7.55. The lowest BCUT2D eigenvalue weighted by Crippen LogP contribution is -2.03. The summed E-state index contributed by atoms with van der Waals surface area (Å²) in [5, 5.41) is 8.39. The van der Waals surface area contributed by atoms with Gasteiger partial charge >= 0.3 is 6.18 Å². The van der Waals surface area contributed by atoms with Crippen LogP contribution in [-0.2, 0) is 6.18 Å². The summed E-state index contributed by atoms with van der Waals surface area (Å²) in [5.74, 6) is 0. The van der Waals surface area contributed by atoms with Crippen molar-refractivity contribution in [2.24, 2.45) is 0 Å². The van der Waals surface area contributed by atoms with E-state index in [9.17, 15) is 13.2 Å². The van der Waals surface area contributed by atoms with Gasteiger partial charge in [0.1, 0.15) is 0 Å². The lowest BCUT2D eigenvalue weighted by Gasteiger charge is -2.00. The van der Waals surface area contributed by atoms with Gasteiger partial charge in [-0.25, -0.2) is 0 Å². The van der Waals surface area contributed by atoms with E-state index in [1.165, 1.54) is 0 Å². The summed E-state index contributed by atoms with van der Waals surface area (Å²) in [6.45, 7) is 0. The molecule has 0 aliphatic heterocycles. The Bertz CT molecular complexity index is 466. The average molecular weight is 245 g/mol. The number of rotatable bonds is 2. The number of aromatic nitrogens is 2. The van der Waals surface area contributed by atoms with Crippen LogP contribution in [0, 0.1) is 0 Å². The second-order valence-electron chi connectivity index (χ2n) is 2.90. The van der Waals surface area contributed by atoms with Crippen molar-refractivity contribution in [1.29, 1.82) is 0 Å². The molecule has 0 spiro atoms. The molecule has 0 unspecified atom stereocenters. The fourth-order valence-electron chi connectivity index (χ4n) is 1.03. The molecule has 2 aromatic rings. The highest BCUT2D eigenvalue weighted by Crippen LogP contribution is 2.33. The van der Waals surface area contributed by atoms with Crippen molar-refractivity contribution in [3.8, 4) is 0 Å². The first-order valence-electron chi connectivity index (χ1n) is 4.28. The molecule has 0 bridgehead atoms. The van der Waals surface area contributed by atoms with Gasteiger partial charge in [-0.15, -0.1) is 10.2 Å². The van der Waals surface area contributed by atoms with Crippen LogP contribution in [-0.4, -0.2) is 10.2 Å². The van der Waals surface area contributed by atoms with Crippen molar-refractivity contribution in [2.75, 3.05) is 5.32 Å². The average Bonchev–Trinajstić information content (AvgIpc) is 2.67. The molecule has 0 saturated heterocycles. The minimum Gasteiger partial charge on any atom is -0.330 e. The lowest BCUT2D eigenvalue weighted by atomic mass is 10.3. The Hall–Kier alpha value is -1.63. The van der Waals surface area contributed by atoms with Crippen LogP contribution in [0.25, 0.3) is 0 Å². The SMILES string of the molecule is FC(F)(F)c1nnc(Nc2ccccc2)s1. The van der Waals surface area contributed by atoms with Crippen molar-refractivity contribution in [3.63, 3.8) is 0 Å². The Balaban J connectivity index is 2.15. The molecule has 2 rings (SSSR count). The number of anilines is 2. The zero-order valence-corrected chi connectivity index (χ0v) is 8.64. The molecule has 1 aromatic heterocycles. The Morgan fingerprint density at radius 2 is 1.75 bits per heavy atom. The van der Waals surface area contributed by atoms with E-state index in [0.717, 1.165) is 0 Å². The molecule has 16 heavy (non-hydrogen) atoms. The maximum atomic E-state index is 12.2. The zero-order valence-electron chi connectivity index (χ0n) is 7.82. The predicted octanol–water partition coefficient (Wildman–Crippen LogP) is 3.30. The molecule has 0 saturated carbocycles. The van der Waals surface area contributed by atoms with Gasteiger partial charge in [0, 0.05) is 5.69 Å². The van der Waals surface area contributed by atoms with Gasteiger partial charge in [0.2, 0.25) is 10.1 Å². The predicted molar refractivity (Wildman–Crippen MR) is 54.6 cm³/mol. The van der Waals surface area contributed by atoms with Crippen LogP contribution in [0.15, 0.2) is 30.3 Å². The first kappa shape index (κ1) is 10.9. The molecule has 0 fully saturated rings. The second kappa shape index (κ2) is 4.09. The molecule has 84 valence electrons. The molecular formula is C9H6F3N3S. The molecule has 3 nitrogen and oxygen atoms in total. The highest BCUT2D eigenvalue weighted by Gasteiger charge is 2.35. The van der Waals surface area contributed by atoms with Gasteiger partial charge in [-0.1, -0.05) is 29.5 Å². The molecular weight excluding hydrogens is 239 g/mol. The van der Waals surface area contributed by atoms with Gasteiger partial charge in [0.05, 0.1) is 0 Å². The highest BCUT2D eigenvalue weighted by molar-refractivity contribution is 7.15. The monoisotopic (exact) mass is 245 g/mol. The standard InChI is InChI=1S/C9H6F3N3S/c10-9(11,12)7-14-15-8(16-7)13-6-4-2-1-3-5-6/h1-5H,(H,13,15). The van der Waals surface area contributed by atoms with Gasteiger partial charge in [-0.2, -0.15) is 13.2 Å².